The molecule has 1 aliphatic rings. The lowest BCUT2D eigenvalue weighted by Gasteiger charge is -2.21. The maximum absolute atomic E-state index is 12.6. The lowest BCUT2D eigenvalue weighted by Crippen LogP contribution is -2.27. The molecule has 15 heavy (non-hydrogen) atoms. The molecular weight excluding hydrogens is 261 g/mol. The Balaban J connectivity index is 2.11. The molecule has 0 N–H and O–H groups in total. The van der Waals surface area contributed by atoms with Gasteiger partial charge < -0.3 is 4.90 Å². The van der Waals surface area contributed by atoms with Crippen LogP contribution in [-0.2, 0) is 0 Å². The molecule has 0 saturated carbocycles. The Morgan fingerprint density at radius 1 is 1.53 bits per heavy atom. The first kappa shape index (κ1) is 10.8. The number of aromatic nitrogens is 2. The highest BCUT2D eigenvalue weighted by molar-refractivity contribution is 9.09. The summed E-state index contributed by atoms with van der Waals surface area (Å²) >= 11 is 3.52. The number of nitrogens with zero attached hydrogens (tertiary/aromatic N) is 3. The van der Waals surface area contributed by atoms with E-state index < -0.39 is 0 Å². The molecule has 1 aromatic heterocycles. The quantitative estimate of drug-likeness (QED) is 0.774. The molecule has 5 heteroatoms. The third kappa shape index (κ3) is 2.27. The number of halogens is 2. The summed E-state index contributed by atoms with van der Waals surface area (Å²) in [5.41, 5.74) is 0.276. The Morgan fingerprint density at radius 3 is 2.73 bits per heavy atom. The van der Waals surface area contributed by atoms with Gasteiger partial charge in [0, 0.05) is 18.4 Å². The van der Waals surface area contributed by atoms with Gasteiger partial charge >= 0.3 is 0 Å². The van der Waals surface area contributed by atoms with Crippen molar-refractivity contribution in [1.29, 1.82) is 0 Å². The number of hydrogen-bond acceptors (Lipinski definition) is 3. The van der Waals surface area contributed by atoms with Crippen LogP contribution in [0.4, 0.5) is 10.3 Å². The van der Waals surface area contributed by atoms with Gasteiger partial charge in [-0.05, 0) is 11.8 Å². The van der Waals surface area contributed by atoms with E-state index in [4.69, 9.17) is 0 Å². The van der Waals surface area contributed by atoms with Gasteiger partial charge in [0.1, 0.15) is 0 Å². The molecule has 2 rings (SSSR count). The standard InChI is InChI=1S/C10H13BrFN3/c1-10(6-11)2-3-15(7-10)9-13-4-8(12)5-14-9/h4-5H,2-3,6-7H2,1H3. The first-order valence-corrected chi connectivity index (χ1v) is 6.04. The second kappa shape index (κ2) is 4.04. The van der Waals surface area contributed by atoms with E-state index in [1.807, 2.05) is 0 Å². The zero-order chi connectivity index (χ0) is 10.9. The molecule has 0 aliphatic carbocycles. The van der Waals surface area contributed by atoms with Gasteiger partial charge in [-0.2, -0.15) is 0 Å². The van der Waals surface area contributed by atoms with Gasteiger partial charge in [0.2, 0.25) is 5.95 Å². The second-order valence-electron chi connectivity index (χ2n) is 4.32. The van der Waals surface area contributed by atoms with Crippen molar-refractivity contribution in [3.63, 3.8) is 0 Å². The van der Waals surface area contributed by atoms with Crippen LogP contribution in [0.15, 0.2) is 12.4 Å². The fraction of sp³-hybridized carbons (Fsp3) is 0.600. The van der Waals surface area contributed by atoms with Crippen LogP contribution in [0.2, 0.25) is 0 Å². The lowest BCUT2D eigenvalue weighted by atomic mass is 9.93. The molecule has 82 valence electrons. The van der Waals surface area contributed by atoms with Crippen molar-refractivity contribution < 1.29 is 4.39 Å². The summed E-state index contributed by atoms with van der Waals surface area (Å²) in [6.45, 7) is 4.09. The van der Waals surface area contributed by atoms with Gasteiger partial charge in [0.05, 0.1) is 12.4 Å². The van der Waals surface area contributed by atoms with Gasteiger partial charge in [0.25, 0.3) is 0 Å². The maximum atomic E-state index is 12.6. The molecule has 0 spiro atoms. The monoisotopic (exact) mass is 273 g/mol. The molecule has 2 heterocycles. The van der Waals surface area contributed by atoms with E-state index in [0.29, 0.717) is 5.95 Å². The molecule has 0 bridgehead atoms. The Bertz CT molecular complexity index is 343. The normalized spacial score (nSPS) is 25.9. The van der Waals surface area contributed by atoms with Crippen LogP contribution in [0, 0.1) is 11.2 Å². The Kier molecular flexibility index (Phi) is 2.91. The van der Waals surface area contributed by atoms with Gasteiger partial charge in [0.15, 0.2) is 5.82 Å². The van der Waals surface area contributed by atoms with Gasteiger partial charge in [-0.3, -0.25) is 0 Å². The van der Waals surface area contributed by atoms with Gasteiger partial charge in [-0.25, -0.2) is 14.4 Å². The Labute approximate surface area is 96.8 Å². The highest BCUT2D eigenvalue weighted by atomic mass is 79.9. The lowest BCUT2D eigenvalue weighted by molar-refractivity contribution is 0.432. The van der Waals surface area contributed by atoms with Crippen molar-refractivity contribution in [2.24, 2.45) is 5.41 Å². The number of rotatable bonds is 2. The molecule has 0 amide bonds. The fourth-order valence-electron chi connectivity index (χ4n) is 1.77. The summed E-state index contributed by atoms with van der Waals surface area (Å²) in [6.07, 6.45) is 3.54. The summed E-state index contributed by atoms with van der Waals surface area (Å²) in [4.78, 5) is 10.1. The highest BCUT2D eigenvalue weighted by Gasteiger charge is 2.33. The smallest absolute Gasteiger partial charge is 0.225 e. The number of anilines is 1. The van der Waals surface area contributed by atoms with E-state index >= 15 is 0 Å². The minimum atomic E-state index is -0.388. The zero-order valence-corrected chi connectivity index (χ0v) is 10.2. The minimum absolute atomic E-state index is 0.276. The third-order valence-electron chi connectivity index (χ3n) is 2.77. The first-order chi connectivity index (χ1) is 7.13. The van der Waals surface area contributed by atoms with E-state index in [0.717, 1.165) is 24.8 Å². The molecular formula is C10H13BrFN3. The molecule has 3 nitrogen and oxygen atoms in total. The van der Waals surface area contributed by atoms with Crippen LogP contribution in [0.1, 0.15) is 13.3 Å². The molecule has 1 saturated heterocycles. The Hall–Kier alpha value is -0.710. The van der Waals surface area contributed by atoms with Crippen molar-refractivity contribution in [3.05, 3.63) is 18.2 Å². The second-order valence-corrected chi connectivity index (χ2v) is 4.88. The van der Waals surface area contributed by atoms with Crippen molar-refractivity contribution >= 4 is 21.9 Å². The summed E-state index contributed by atoms with van der Waals surface area (Å²) in [7, 11) is 0. The molecule has 0 aromatic carbocycles. The average Bonchev–Trinajstić information content (AvgIpc) is 2.63. The summed E-state index contributed by atoms with van der Waals surface area (Å²) in [5, 5.41) is 0.970. The summed E-state index contributed by atoms with van der Waals surface area (Å²) in [6, 6.07) is 0. The molecule has 1 fully saturated rings. The summed E-state index contributed by atoms with van der Waals surface area (Å²) < 4.78 is 12.6. The molecule has 1 unspecified atom stereocenters. The van der Waals surface area contributed by atoms with E-state index in [1.165, 1.54) is 12.4 Å². The van der Waals surface area contributed by atoms with E-state index in [9.17, 15) is 4.39 Å². The van der Waals surface area contributed by atoms with E-state index in [-0.39, 0.29) is 11.2 Å². The van der Waals surface area contributed by atoms with Crippen LogP contribution in [-0.4, -0.2) is 28.4 Å². The van der Waals surface area contributed by atoms with Gasteiger partial charge in [-0.1, -0.05) is 22.9 Å². The van der Waals surface area contributed by atoms with Crippen molar-refractivity contribution in [2.45, 2.75) is 13.3 Å². The maximum Gasteiger partial charge on any atom is 0.225 e. The Morgan fingerprint density at radius 2 is 2.20 bits per heavy atom. The third-order valence-corrected chi connectivity index (χ3v) is 4.12. The molecule has 1 atom stereocenters. The average molecular weight is 274 g/mol. The van der Waals surface area contributed by atoms with Crippen LogP contribution < -0.4 is 4.90 Å². The van der Waals surface area contributed by atoms with Gasteiger partial charge in [-0.15, -0.1) is 0 Å². The predicted molar refractivity (Wildman–Crippen MR) is 60.7 cm³/mol. The fourth-order valence-corrected chi connectivity index (χ4v) is 2.23. The molecule has 0 radical (unpaired) electrons. The minimum Gasteiger partial charge on any atom is -0.340 e. The number of hydrogen-bond donors (Lipinski definition) is 0. The van der Waals surface area contributed by atoms with Crippen LogP contribution in [0.5, 0.6) is 0 Å². The summed E-state index contributed by atoms with van der Waals surface area (Å²) in [5.74, 6) is 0.238. The predicted octanol–water partition coefficient (Wildman–Crippen LogP) is 2.23. The first-order valence-electron chi connectivity index (χ1n) is 4.91. The SMILES string of the molecule is CC1(CBr)CCN(c2ncc(F)cn2)C1. The van der Waals surface area contributed by atoms with Crippen LogP contribution in [0.25, 0.3) is 0 Å². The number of alkyl halides is 1. The van der Waals surface area contributed by atoms with Crippen LogP contribution >= 0.6 is 15.9 Å². The van der Waals surface area contributed by atoms with Crippen molar-refractivity contribution in [2.75, 3.05) is 23.3 Å². The van der Waals surface area contributed by atoms with Crippen LogP contribution in [0.3, 0.4) is 0 Å². The largest absolute Gasteiger partial charge is 0.340 e. The van der Waals surface area contributed by atoms with E-state index in [1.54, 1.807) is 0 Å². The highest BCUT2D eigenvalue weighted by Crippen LogP contribution is 2.33. The van der Waals surface area contributed by atoms with Crippen molar-refractivity contribution in [1.82, 2.24) is 9.97 Å². The van der Waals surface area contributed by atoms with Crippen molar-refractivity contribution in [3.8, 4) is 0 Å². The molecule has 1 aliphatic heterocycles. The zero-order valence-electron chi connectivity index (χ0n) is 8.58. The topological polar surface area (TPSA) is 29.0 Å². The van der Waals surface area contributed by atoms with E-state index in [2.05, 4.69) is 37.7 Å². The molecule has 1 aromatic rings.